The van der Waals surface area contributed by atoms with Crippen molar-refractivity contribution in [1.29, 1.82) is 0 Å². The first-order valence-corrected chi connectivity index (χ1v) is 7.05. The lowest BCUT2D eigenvalue weighted by atomic mass is 9.64. The van der Waals surface area contributed by atoms with Crippen LogP contribution in [0.4, 0.5) is 0 Å². The van der Waals surface area contributed by atoms with Crippen LogP contribution in [0.5, 0.6) is 0 Å². The van der Waals surface area contributed by atoms with Gasteiger partial charge in [-0.2, -0.15) is 0 Å². The first kappa shape index (κ1) is 11.6. The van der Waals surface area contributed by atoms with Gasteiger partial charge in [0.25, 0.3) is 0 Å². The molecule has 0 radical (unpaired) electrons. The minimum absolute atomic E-state index is 0.108. The van der Waals surface area contributed by atoms with Gasteiger partial charge in [-0.05, 0) is 56.3 Å². The number of carbonyl (C=O) groups is 1. The molecule has 0 N–H and O–H groups in total. The van der Waals surface area contributed by atoms with Crippen LogP contribution < -0.4 is 0 Å². The Kier molecular flexibility index (Phi) is 2.22. The van der Waals surface area contributed by atoms with Crippen LogP contribution in [0.3, 0.4) is 0 Å². The standard InChI is InChI=1S/C15H24O2/c1-9-5-12-11-7-14(3,13(12)6-9)15(4,8-11)17-10(2)16/h9,11-13H,5-8H2,1-4H3. The summed E-state index contributed by atoms with van der Waals surface area (Å²) in [7, 11) is 0. The topological polar surface area (TPSA) is 26.3 Å². The summed E-state index contributed by atoms with van der Waals surface area (Å²) in [5.74, 6) is 3.27. The first-order chi connectivity index (χ1) is 7.86. The van der Waals surface area contributed by atoms with Gasteiger partial charge in [0.05, 0.1) is 0 Å². The van der Waals surface area contributed by atoms with Crippen LogP contribution >= 0.6 is 0 Å². The highest BCUT2D eigenvalue weighted by molar-refractivity contribution is 5.66. The molecule has 3 saturated carbocycles. The predicted octanol–water partition coefficient (Wildman–Crippen LogP) is 3.40. The number of rotatable bonds is 1. The number of hydrogen-bond acceptors (Lipinski definition) is 2. The first-order valence-electron chi connectivity index (χ1n) is 7.05. The van der Waals surface area contributed by atoms with E-state index in [-0.39, 0.29) is 17.0 Å². The Morgan fingerprint density at radius 1 is 1.24 bits per heavy atom. The van der Waals surface area contributed by atoms with Gasteiger partial charge in [-0.15, -0.1) is 0 Å². The van der Waals surface area contributed by atoms with E-state index in [0.29, 0.717) is 0 Å². The molecule has 0 aromatic carbocycles. The van der Waals surface area contributed by atoms with Crippen molar-refractivity contribution >= 4 is 5.97 Å². The average molecular weight is 236 g/mol. The molecule has 6 atom stereocenters. The molecular weight excluding hydrogens is 212 g/mol. The zero-order valence-electron chi connectivity index (χ0n) is 11.5. The summed E-state index contributed by atoms with van der Waals surface area (Å²) in [6.07, 6.45) is 5.12. The molecule has 0 amide bonds. The lowest BCUT2D eigenvalue weighted by Gasteiger charge is -2.47. The van der Waals surface area contributed by atoms with E-state index in [4.69, 9.17) is 4.74 Å². The number of ether oxygens (including phenoxy) is 1. The predicted molar refractivity (Wildman–Crippen MR) is 66.4 cm³/mol. The molecule has 3 aliphatic carbocycles. The summed E-state index contributed by atoms with van der Waals surface area (Å²) in [5.41, 5.74) is 0.0352. The zero-order chi connectivity index (χ0) is 12.4. The van der Waals surface area contributed by atoms with Gasteiger partial charge in [0.1, 0.15) is 5.60 Å². The zero-order valence-corrected chi connectivity index (χ0v) is 11.5. The third-order valence-electron chi connectivity index (χ3n) is 6.19. The Labute approximate surface area is 104 Å². The summed E-state index contributed by atoms with van der Waals surface area (Å²) in [5, 5.41) is 0. The number of hydrogen-bond donors (Lipinski definition) is 0. The summed E-state index contributed by atoms with van der Waals surface area (Å²) in [6.45, 7) is 8.48. The Bertz CT molecular complexity index is 364. The van der Waals surface area contributed by atoms with Gasteiger partial charge >= 0.3 is 5.97 Å². The second-order valence-electron chi connectivity index (χ2n) is 7.26. The Hall–Kier alpha value is -0.530. The van der Waals surface area contributed by atoms with Crippen LogP contribution in [0.15, 0.2) is 0 Å². The van der Waals surface area contributed by atoms with Crippen LogP contribution in [0, 0.1) is 29.1 Å². The Morgan fingerprint density at radius 3 is 2.59 bits per heavy atom. The SMILES string of the molecule is CC(=O)OC1(C)CC2CC1(C)C1CC(C)CC21. The maximum absolute atomic E-state index is 11.4. The molecular formula is C15H24O2. The van der Waals surface area contributed by atoms with Crippen molar-refractivity contribution in [2.45, 2.75) is 59.0 Å². The lowest BCUT2D eigenvalue weighted by molar-refractivity contribution is -0.175. The van der Waals surface area contributed by atoms with Gasteiger partial charge < -0.3 is 4.74 Å². The van der Waals surface area contributed by atoms with Crippen molar-refractivity contribution in [3.63, 3.8) is 0 Å². The van der Waals surface area contributed by atoms with Crippen LogP contribution in [-0.4, -0.2) is 11.6 Å². The highest BCUT2D eigenvalue weighted by atomic mass is 16.6. The molecule has 0 aromatic rings. The van der Waals surface area contributed by atoms with E-state index in [0.717, 1.165) is 30.1 Å². The molecule has 3 aliphatic rings. The van der Waals surface area contributed by atoms with E-state index in [1.54, 1.807) is 6.92 Å². The molecule has 0 aromatic heterocycles. The minimum atomic E-state index is -0.200. The van der Waals surface area contributed by atoms with Crippen molar-refractivity contribution < 1.29 is 9.53 Å². The molecule has 2 heteroatoms. The molecule has 0 saturated heterocycles. The van der Waals surface area contributed by atoms with Crippen molar-refractivity contribution in [3.05, 3.63) is 0 Å². The molecule has 2 bridgehead atoms. The molecule has 0 spiro atoms. The summed E-state index contributed by atoms with van der Waals surface area (Å²) < 4.78 is 5.74. The second kappa shape index (κ2) is 3.27. The summed E-state index contributed by atoms with van der Waals surface area (Å²) in [6, 6.07) is 0. The molecule has 3 fully saturated rings. The maximum atomic E-state index is 11.4. The normalized spacial score (nSPS) is 56.0. The van der Waals surface area contributed by atoms with E-state index >= 15 is 0 Å². The van der Waals surface area contributed by atoms with Crippen LogP contribution in [0.25, 0.3) is 0 Å². The van der Waals surface area contributed by atoms with Crippen molar-refractivity contribution in [1.82, 2.24) is 0 Å². The van der Waals surface area contributed by atoms with E-state index in [1.807, 2.05) is 0 Å². The summed E-state index contributed by atoms with van der Waals surface area (Å²) in [4.78, 5) is 11.4. The van der Waals surface area contributed by atoms with Crippen LogP contribution in [0.2, 0.25) is 0 Å². The average Bonchev–Trinajstić information content (AvgIpc) is 2.73. The van der Waals surface area contributed by atoms with E-state index in [9.17, 15) is 4.79 Å². The fourth-order valence-electron chi connectivity index (χ4n) is 5.47. The van der Waals surface area contributed by atoms with Gasteiger partial charge in [-0.25, -0.2) is 0 Å². The van der Waals surface area contributed by atoms with Crippen LogP contribution in [0.1, 0.15) is 53.4 Å². The van der Waals surface area contributed by atoms with Gasteiger partial charge in [-0.1, -0.05) is 13.8 Å². The van der Waals surface area contributed by atoms with Crippen LogP contribution in [-0.2, 0) is 9.53 Å². The second-order valence-corrected chi connectivity index (χ2v) is 7.26. The van der Waals surface area contributed by atoms with Crippen molar-refractivity contribution in [3.8, 4) is 0 Å². The number of esters is 1. The van der Waals surface area contributed by atoms with E-state index < -0.39 is 0 Å². The number of fused-ring (bicyclic) bond motifs is 5. The smallest absolute Gasteiger partial charge is 0.303 e. The molecule has 3 rings (SSSR count). The molecule has 96 valence electrons. The molecule has 2 nitrogen and oxygen atoms in total. The monoisotopic (exact) mass is 236 g/mol. The molecule has 0 aliphatic heterocycles. The Balaban J connectivity index is 1.91. The molecule has 0 heterocycles. The number of carbonyl (C=O) groups excluding carboxylic acids is 1. The van der Waals surface area contributed by atoms with Crippen molar-refractivity contribution in [2.24, 2.45) is 29.1 Å². The molecule has 6 unspecified atom stereocenters. The third kappa shape index (κ3) is 1.36. The fraction of sp³-hybridized carbons (Fsp3) is 0.933. The highest BCUT2D eigenvalue weighted by Crippen LogP contribution is 2.70. The quantitative estimate of drug-likeness (QED) is 0.652. The third-order valence-corrected chi connectivity index (χ3v) is 6.19. The van der Waals surface area contributed by atoms with E-state index in [2.05, 4.69) is 20.8 Å². The Morgan fingerprint density at radius 2 is 1.94 bits per heavy atom. The van der Waals surface area contributed by atoms with Gasteiger partial charge in [0, 0.05) is 12.3 Å². The molecule has 17 heavy (non-hydrogen) atoms. The summed E-state index contributed by atoms with van der Waals surface area (Å²) >= 11 is 0. The van der Waals surface area contributed by atoms with E-state index in [1.165, 1.54) is 19.3 Å². The van der Waals surface area contributed by atoms with Crippen molar-refractivity contribution in [2.75, 3.05) is 0 Å². The minimum Gasteiger partial charge on any atom is -0.459 e. The van der Waals surface area contributed by atoms with Gasteiger partial charge in [0.2, 0.25) is 0 Å². The van der Waals surface area contributed by atoms with Gasteiger partial charge in [-0.3, -0.25) is 4.79 Å². The fourth-order valence-corrected chi connectivity index (χ4v) is 5.47. The highest BCUT2D eigenvalue weighted by Gasteiger charge is 2.68. The maximum Gasteiger partial charge on any atom is 0.303 e. The lowest BCUT2D eigenvalue weighted by Crippen LogP contribution is -2.49. The largest absolute Gasteiger partial charge is 0.459 e. The van der Waals surface area contributed by atoms with Gasteiger partial charge in [0.15, 0.2) is 0 Å².